The number of nitrogens with zero attached hydrogens (tertiary/aromatic N) is 1. The highest BCUT2D eigenvalue weighted by atomic mass is 16.4. The van der Waals surface area contributed by atoms with Gasteiger partial charge in [-0.15, -0.1) is 0 Å². The first-order chi connectivity index (χ1) is 12.5. The molecule has 26 heavy (non-hydrogen) atoms. The molecule has 0 rings (SSSR count). The zero-order valence-electron chi connectivity index (χ0n) is 17.6. The molecule has 0 aromatic carbocycles. The van der Waals surface area contributed by atoms with Crippen LogP contribution in [0.2, 0.25) is 0 Å². The maximum absolute atomic E-state index is 11.9. The fourth-order valence-electron chi connectivity index (χ4n) is 3.45. The molecule has 0 bridgehead atoms. The SMILES string of the molecule is CCCCCCCCCCCCCCCCCC(=O)C(C(=O)O)N(C)C. The summed E-state index contributed by atoms with van der Waals surface area (Å²) in [6.45, 7) is 2.26. The van der Waals surface area contributed by atoms with E-state index in [-0.39, 0.29) is 5.78 Å². The first-order valence-corrected chi connectivity index (χ1v) is 10.9. The van der Waals surface area contributed by atoms with E-state index in [2.05, 4.69) is 6.92 Å². The fraction of sp³-hybridized carbons (Fsp3) is 0.909. The normalized spacial score (nSPS) is 12.5. The topological polar surface area (TPSA) is 57.6 Å². The van der Waals surface area contributed by atoms with Gasteiger partial charge < -0.3 is 5.11 Å². The van der Waals surface area contributed by atoms with Gasteiger partial charge >= 0.3 is 5.97 Å². The second-order valence-corrected chi connectivity index (χ2v) is 7.87. The Balaban J connectivity index is 3.36. The average Bonchev–Trinajstić information content (AvgIpc) is 2.57. The summed E-state index contributed by atoms with van der Waals surface area (Å²) < 4.78 is 0. The maximum atomic E-state index is 11.9. The average molecular weight is 370 g/mol. The van der Waals surface area contributed by atoms with Crippen molar-refractivity contribution in [3.63, 3.8) is 0 Å². The minimum Gasteiger partial charge on any atom is -0.480 e. The molecule has 0 heterocycles. The van der Waals surface area contributed by atoms with Gasteiger partial charge in [0.25, 0.3) is 0 Å². The summed E-state index contributed by atoms with van der Waals surface area (Å²) in [5.41, 5.74) is 0. The van der Waals surface area contributed by atoms with Crippen molar-refractivity contribution in [2.45, 2.75) is 116 Å². The highest BCUT2D eigenvalue weighted by Gasteiger charge is 2.27. The van der Waals surface area contributed by atoms with E-state index in [1.807, 2.05) is 0 Å². The van der Waals surface area contributed by atoms with E-state index < -0.39 is 12.0 Å². The van der Waals surface area contributed by atoms with E-state index in [0.29, 0.717) is 6.42 Å². The molecule has 0 aromatic rings. The molecular formula is C22H43NO3. The molecule has 1 unspecified atom stereocenters. The van der Waals surface area contributed by atoms with Gasteiger partial charge in [-0.2, -0.15) is 0 Å². The van der Waals surface area contributed by atoms with Gasteiger partial charge in [-0.1, -0.05) is 96.8 Å². The zero-order valence-corrected chi connectivity index (χ0v) is 17.6. The summed E-state index contributed by atoms with van der Waals surface area (Å²) in [6.07, 6.45) is 19.7. The molecule has 1 atom stereocenters. The Hall–Kier alpha value is -0.900. The Morgan fingerprint density at radius 3 is 1.35 bits per heavy atom. The quantitative estimate of drug-likeness (QED) is 0.230. The fourth-order valence-corrected chi connectivity index (χ4v) is 3.45. The van der Waals surface area contributed by atoms with Crippen LogP contribution >= 0.6 is 0 Å². The van der Waals surface area contributed by atoms with Crippen LogP contribution in [0.1, 0.15) is 110 Å². The lowest BCUT2D eigenvalue weighted by Gasteiger charge is -2.18. The van der Waals surface area contributed by atoms with Crippen molar-refractivity contribution < 1.29 is 14.7 Å². The first-order valence-electron chi connectivity index (χ1n) is 10.9. The number of carbonyl (C=O) groups excluding carboxylic acids is 1. The zero-order chi connectivity index (χ0) is 19.6. The van der Waals surface area contributed by atoms with Crippen molar-refractivity contribution in [3.05, 3.63) is 0 Å². The van der Waals surface area contributed by atoms with Crippen LogP contribution in [0.25, 0.3) is 0 Å². The van der Waals surface area contributed by atoms with Crippen molar-refractivity contribution in [3.8, 4) is 0 Å². The van der Waals surface area contributed by atoms with Gasteiger partial charge in [-0.05, 0) is 20.5 Å². The Morgan fingerprint density at radius 1 is 0.692 bits per heavy atom. The number of Topliss-reactive ketones (excluding diaryl/α,β-unsaturated/α-hetero) is 1. The molecule has 4 heteroatoms. The molecule has 0 aliphatic heterocycles. The Labute approximate surface area is 161 Å². The number of hydrogen-bond donors (Lipinski definition) is 1. The maximum Gasteiger partial charge on any atom is 0.328 e. The van der Waals surface area contributed by atoms with Crippen molar-refractivity contribution >= 4 is 11.8 Å². The van der Waals surface area contributed by atoms with Crippen molar-refractivity contribution in [2.24, 2.45) is 0 Å². The Kier molecular flexibility index (Phi) is 16.9. The van der Waals surface area contributed by atoms with E-state index >= 15 is 0 Å². The molecule has 1 N–H and O–H groups in total. The van der Waals surface area contributed by atoms with Crippen LogP contribution in [-0.4, -0.2) is 41.9 Å². The Morgan fingerprint density at radius 2 is 1.04 bits per heavy atom. The Bertz CT molecular complexity index is 355. The van der Waals surface area contributed by atoms with Crippen molar-refractivity contribution in [1.82, 2.24) is 4.90 Å². The summed E-state index contributed by atoms with van der Waals surface area (Å²) in [5, 5.41) is 9.08. The molecular weight excluding hydrogens is 326 g/mol. The number of rotatable bonds is 19. The number of hydrogen-bond acceptors (Lipinski definition) is 3. The van der Waals surface area contributed by atoms with Gasteiger partial charge in [-0.25, -0.2) is 0 Å². The first kappa shape index (κ1) is 25.1. The highest BCUT2D eigenvalue weighted by molar-refractivity contribution is 6.02. The van der Waals surface area contributed by atoms with Crippen LogP contribution in [-0.2, 0) is 9.59 Å². The number of carbonyl (C=O) groups is 2. The van der Waals surface area contributed by atoms with E-state index in [9.17, 15) is 9.59 Å². The van der Waals surface area contributed by atoms with E-state index in [1.165, 1.54) is 81.9 Å². The second-order valence-electron chi connectivity index (χ2n) is 7.87. The number of unbranched alkanes of at least 4 members (excludes halogenated alkanes) is 14. The summed E-state index contributed by atoms with van der Waals surface area (Å²) in [4.78, 5) is 24.5. The third kappa shape index (κ3) is 14.3. The number of ketones is 1. The molecule has 0 fully saturated rings. The summed E-state index contributed by atoms with van der Waals surface area (Å²) in [6, 6.07) is -0.985. The van der Waals surface area contributed by atoms with Crippen LogP contribution < -0.4 is 0 Å². The third-order valence-electron chi connectivity index (χ3n) is 5.08. The van der Waals surface area contributed by atoms with Gasteiger partial charge in [0, 0.05) is 6.42 Å². The monoisotopic (exact) mass is 369 g/mol. The number of carboxylic acid groups (broad SMARTS) is 1. The van der Waals surface area contributed by atoms with Gasteiger partial charge in [-0.3, -0.25) is 14.5 Å². The molecule has 0 amide bonds. The summed E-state index contributed by atoms with van der Waals surface area (Å²) >= 11 is 0. The minimum absolute atomic E-state index is 0.169. The second kappa shape index (κ2) is 17.5. The van der Waals surface area contributed by atoms with Gasteiger partial charge in [0.1, 0.15) is 0 Å². The van der Waals surface area contributed by atoms with Crippen LogP contribution in [0.5, 0.6) is 0 Å². The predicted octanol–water partition coefficient (Wildman–Crippen LogP) is 5.83. The van der Waals surface area contributed by atoms with Gasteiger partial charge in [0.05, 0.1) is 0 Å². The summed E-state index contributed by atoms with van der Waals surface area (Å²) in [7, 11) is 3.28. The van der Waals surface area contributed by atoms with Crippen LogP contribution in [0.4, 0.5) is 0 Å². The highest BCUT2D eigenvalue weighted by Crippen LogP contribution is 2.14. The molecule has 0 spiro atoms. The molecule has 0 aliphatic carbocycles. The lowest BCUT2D eigenvalue weighted by molar-refractivity contribution is -0.146. The minimum atomic E-state index is -1.04. The molecule has 0 aliphatic rings. The van der Waals surface area contributed by atoms with Crippen LogP contribution in [0.15, 0.2) is 0 Å². The van der Waals surface area contributed by atoms with Gasteiger partial charge in [0.15, 0.2) is 11.8 Å². The molecule has 0 radical (unpaired) electrons. The largest absolute Gasteiger partial charge is 0.480 e. The summed E-state index contributed by atoms with van der Waals surface area (Å²) in [5.74, 6) is -1.21. The molecule has 154 valence electrons. The third-order valence-corrected chi connectivity index (χ3v) is 5.08. The number of carboxylic acids is 1. The van der Waals surface area contributed by atoms with E-state index in [4.69, 9.17) is 5.11 Å². The molecule has 0 saturated carbocycles. The number of likely N-dealkylation sites (N-methyl/N-ethyl adjacent to an activating group) is 1. The van der Waals surface area contributed by atoms with Crippen LogP contribution in [0.3, 0.4) is 0 Å². The van der Waals surface area contributed by atoms with Crippen LogP contribution in [0, 0.1) is 0 Å². The van der Waals surface area contributed by atoms with E-state index in [0.717, 1.165) is 19.3 Å². The van der Waals surface area contributed by atoms with Crippen molar-refractivity contribution in [2.75, 3.05) is 14.1 Å². The predicted molar refractivity (Wildman–Crippen MR) is 110 cm³/mol. The van der Waals surface area contributed by atoms with E-state index in [1.54, 1.807) is 14.1 Å². The molecule has 4 nitrogen and oxygen atoms in total. The number of aliphatic carboxylic acids is 1. The van der Waals surface area contributed by atoms with Gasteiger partial charge in [0.2, 0.25) is 0 Å². The lowest BCUT2D eigenvalue weighted by Crippen LogP contribution is -2.42. The standard InChI is InChI=1S/C22H43NO3/c1-4-5-6-7-8-9-10-11-12-13-14-15-16-17-18-19-20(24)21(22(25)26)23(2)3/h21H,4-19H2,1-3H3,(H,25,26). The smallest absolute Gasteiger partial charge is 0.328 e. The molecule has 0 aromatic heterocycles. The molecule has 0 saturated heterocycles. The van der Waals surface area contributed by atoms with Crippen molar-refractivity contribution in [1.29, 1.82) is 0 Å². The lowest BCUT2D eigenvalue weighted by atomic mass is 10.0.